The Bertz CT molecular complexity index is 432. The summed E-state index contributed by atoms with van der Waals surface area (Å²) in [7, 11) is 0. The Morgan fingerprint density at radius 1 is 1.28 bits per heavy atom. The summed E-state index contributed by atoms with van der Waals surface area (Å²) in [6.45, 7) is 0. The van der Waals surface area contributed by atoms with Crippen LogP contribution < -0.4 is 5.32 Å². The maximum absolute atomic E-state index is 12.1. The molecule has 1 amide bonds. The summed E-state index contributed by atoms with van der Waals surface area (Å²) in [6, 6.07) is 5.23. The molecule has 0 aliphatic heterocycles. The third-order valence-electron chi connectivity index (χ3n) is 3.12. The van der Waals surface area contributed by atoms with Crippen LogP contribution in [-0.2, 0) is 0 Å². The predicted molar refractivity (Wildman–Crippen MR) is 78.5 cm³/mol. The molecule has 0 saturated heterocycles. The maximum atomic E-state index is 12.1. The molecule has 1 aliphatic rings. The summed E-state index contributed by atoms with van der Waals surface area (Å²) >= 11 is 15.5. The molecule has 0 aromatic heterocycles. The number of benzene rings is 1. The Morgan fingerprint density at radius 2 is 2.00 bits per heavy atom. The van der Waals surface area contributed by atoms with Gasteiger partial charge in [0.2, 0.25) is 0 Å². The van der Waals surface area contributed by atoms with Crippen molar-refractivity contribution in [3.8, 4) is 0 Å². The molecule has 5 heteroatoms. The van der Waals surface area contributed by atoms with Gasteiger partial charge in [-0.3, -0.25) is 4.79 Å². The van der Waals surface area contributed by atoms with Gasteiger partial charge in [-0.15, -0.1) is 11.6 Å². The van der Waals surface area contributed by atoms with Crippen LogP contribution in [0.25, 0.3) is 0 Å². The minimum absolute atomic E-state index is 0.0327. The second kappa shape index (κ2) is 6.27. The third kappa shape index (κ3) is 3.62. The van der Waals surface area contributed by atoms with Crippen LogP contribution in [0.15, 0.2) is 22.7 Å². The molecule has 1 fully saturated rings. The fraction of sp³-hybridized carbons (Fsp3) is 0.462. The molecule has 98 valence electrons. The van der Waals surface area contributed by atoms with Gasteiger partial charge in [-0.05, 0) is 31.0 Å². The van der Waals surface area contributed by atoms with E-state index < -0.39 is 0 Å². The standard InChI is InChI=1S/C13H14BrCl2NO/c14-9-5-8(6-10(15)7-9)13(18)17-12-4-2-1-3-11(12)16/h5-7,11-12H,1-4H2,(H,17,18). The first-order valence-electron chi connectivity index (χ1n) is 5.97. The van der Waals surface area contributed by atoms with Crippen LogP contribution in [0, 0.1) is 0 Å². The minimum Gasteiger partial charge on any atom is -0.348 e. The first-order valence-corrected chi connectivity index (χ1v) is 7.58. The second-order valence-electron chi connectivity index (χ2n) is 4.54. The van der Waals surface area contributed by atoms with Gasteiger partial charge in [0.25, 0.3) is 5.91 Å². The van der Waals surface area contributed by atoms with E-state index in [0.717, 1.165) is 30.2 Å². The Kier molecular flexibility index (Phi) is 4.93. The minimum atomic E-state index is -0.115. The van der Waals surface area contributed by atoms with E-state index >= 15 is 0 Å². The highest BCUT2D eigenvalue weighted by Crippen LogP contribution is 2.24. The average molecular weight is 351 g/mol. The number of hydrogen-bond donors (Lipinski definition) is 1. The van der Waals surface area contributed by atoms with Crippen LogP contribution in [0.2, 0.25) is 5.02 Å². The van der Waals surface area contributed by atoms with E-state index in [9.17, 15) is 4.79 Å². The van der Waals surface area contributed by atoms with Crippen molar-refractivity contribution in [3.05, 3.63) is 33.3 Å². The smallest absolute Gasteiger partial charge is 0.251 e. The molecule has 1 aliphatic carbocycles. The van der Waals surface area contributed by atoms with E-state index in [4.69, 9.17) is 23.2 Å². The largest absolute Gasteiger partial charge is 0.348 e. The molecule has 1 aromatic rings. The van der Waals surface area contributed by atoms with Gasteiger partial charge in [-0.2, -0.15) is 0 Å². The number of nitrogens with one attached hydrogen (secondary N) is 1. The second-order valence-corrected chi connectivity index (χ2v) is 6.45. The Morgan fingerprint density at radius 3 is 2.67 bits per heavy atom. The van der Waals surface area contributed by atoms with Gasteiger partial charge in [-0.1, -0.05) is 40.4 Å². The molecule has 2 atom stereocenters. The van der Waals surface area contributed by atoms with Gasteiger partial charge in [-0.25, -0.2) is 0 Å². The molecule has 2 nitrogen and oxygen atoms in total. The lowest BCUT2D eigenvalue weighted by molar-refractivity contribution is 0.0928. The number of rotatable bonds is 2. The number of carbonyl (C=O) groups excluding carboxylic acids is 1. The van der Waals surface area contributed by atoms with Gasteiger partial charge < -0.3 is 5.32 Å². The molecule has 1 N–H and O–H groups in total. The monoisotopic (exact) mass is 349 g/mol. The topological polar surface area (TPSA) is 29.1 Å². The molecule has 2 unspecified atom stereocenters. The zero-order valence-corrected chi connectivity index (χ0v) is 12.9. The van der Waals surface area contributed by atoms with E-state index in [0.29, 0.717) is 10.6 Å². The molecular formula is C13H14BrCl2NO. The average Bonchev–Trinajstić information content (AvgIpc) is 2.31. The van der Waals surface area contributed by atoms with Gasteiger partial charge in [0.1, 0.15) is 0 Å². The number of halogens is 3. The van der Waals surface area contributed by atoms with Crippen molar-refractivity contribution < 1.29 is 4.79 Å². The van der Waals surface area contributed by atoms with Crippen molar-refractivity contribution >= 4 is 45.0 Å². The van der Waals surface area contributed by atoms with Crippen molar-refractivity contribution in [2.45, 2.75) is 37.1 Å². The number of hydrogen-bond acceptors (Lipinski definition) is 1. The van der Waals surface area contributed by atoms with E-state index in [1.807, 2.05) is 0 Å². The van der Waals surface area contributed by atoms with Gasteiger partial charge in [0.15, 0.2) is 0 Å². The third-order valence-corrected chi connectivity index (χ3v) is 4.32. The lowest BCUT2D eigenvalue weighted by Gasteiger charge is -2.27. The maximum Gasteiger partial charge on any atom is 0.251 e. The van der Waals surface area contributed by atoms with Crippen molar-refractivity contribution in [3.63, 3.8) is 0 Å². The Labute approximate surface area is 125 Å². The van der Waals surface area contributed by atoms with Crippen molar-refractivity contribution in [1.29, 1.82) is 0 Å². The summed E-state index contributed by atoms with van der Waals surface area (Å²) in [5.41, 5.74) is 0.559. The van der Waals surface area contributed by atoms with E-state index in [-0.39, 0.29) is 17.3 Å². The number of amides is 1. The summed E-state index contributed by atoms with van der Waals surface area (Å²) in [5.74, 6) is -0.115. The highest BCUT2D eigenvalue weighted by Gasteiger charge is 2.25. The molecule has 2 rings (SSSR count). The Balaban J connectivity index is 2.06. The predicted octanol–water partition coefficient (Wildman–Crippen LogP) is 4.38. The van der Waals surface area contributed by atoms with Crippen molar-refractivity contribution in [1.82, 2.24) is 5.32 Å². The van der Waals surface area contributed by atoms with Crippen LogP contribution in [-0.4, -0.2) is 17.3 Å². The number of alkyl halides is 1. The van der Waals surface area contributed by atoms with Crippen LogP contribution in [0.4, 0.5) is 0 Å². The highest BCUT2D eigenvalue weighted by molar-refractivity contribution is 9.10. The highest BCUT2D eigenvalue weighted by atomic mass is 79.9. The van der Waals surface area contributed by atoms with Crippen molar-refractivity contribution in [2.75, 3.05) is 0 Å². The summed E-state index contributed by atoms with van der Waals surface area (Å²) in [6.07, 6.45) is 4.17. The zero-order valence-electron chi connectivity index (χ0n) is 9.76. The molecule has 0 spiro atoms. The zero-order chi connectivity index (χ0) is 13.1. The molecule has 0 radical (unpaired) electrons. The van der Waals surface area contributed by atoms with Gasteiger partial charge >= 0.3 is 0 Å². The molecule has 0 heterocycles. The lowest BCUT2D eigenvalue weighted by Crippen LogP contribution is -2.42. The SMILES string of the molecule is O=C(NC1CCCCC1Cl)c1cc(Cl)cc(Br)c1. The van der Waals surface area contributed by atoms with Crippen LogP contribution in [0.5, 0.6) is 0 Å². The summed E-state index contributed by atoms with van der Waals surface area (Å²) in [5, 5.41) is 3.56. The normalized spacial score (nSPS) is 23.7. The summed E-state index contributed by atoms with van der Waals surface area (Å²) in [4.78, 5) is 12.1. The fourth-order valence-electron chi connectivity index (χ4n) is 2.18. The fourth-order valence-corrected chi connectivity index (χ4v) is 3.39. The summed E-state index contributed by atoms with van der Waals surface area (Å²) < 4.78 is 0.797. The molecule has 1 aromatic carbocycles. The molecule has 18 heavy (non-hydrogen) atoms. The van der Waals surface area contributed by atoms with E-state index in [1.54, 1.807) is 18.2 Å². The van der Waals surface area contributed by atoms with Gasteiger partial charge in [0, 0.05) is 21.1 Å². The van der Waals surface area contributed by atoms with E-state index in [1.165, 1.54) is 0 Å². The molecule has 1 saturated carbocycles. The van der Waals surface area contributed by atoms with Gasteiger partial charge in [0.05, 0.1) is 5.38 Å². The number of carbonyl (C=O) groups is 1. The quantitative estimate of drug-likeness (QED) is 0.788. The van der Waals surface area contributed by atoms with E-state index in [2.05, 4.69) is 21.2 Å². The first kappa shape index (κ1) is 14.2. The van der Waals surface area contributed by atoms with Crippen LogP contribution >= 0.6 is 39.1 Å². The molecule has 0 bridgehead atoms. The first-order chi connectivity index (χ1) is 8.56. The Hall–Kier alpha value is -0.250. The van der Waals surface area contributed by atoms with Crippen molar-refractivity contribution in [2.24, 2.45) is 0 Å². The molecular weight excluding hydrogens is 337 g/mol. The lowest BCUT2D eigenvalue weighted by atomic mass is 9.94. The van der Waals surface area contributed by atoms with Crippen LogP contribution in [0.1, 0.15) is 36.0 Å². The van der Waals surface area contributed by atoms with Crippen LogP contribution in [0.3, 0.4) is 0 Å².